The molecule has 0 rings (SSSR count). The smallest absolute Gasteiger partial charge is 1.00 e. The molecule has 0 aromatic heterocycles. The fraction of sp³-hybridized carbons (Fsp3) is 0.667. The van der Waals surface area contributed by atoms with Crippen molar-refractivity contribution < 1.29 is 17.9 Å². The summed E-state index contributed by atoms with van der Waals surface area (Å²) in [5.74, 6) is -1.19. The molecule has 1 atom stereocenters. The monoisotopic (exact) mass is 116 g/mol. The van der Waals surface area contributed by atoms with E-state index in [-0.39, 0.29) is 25.9 Å². The van der Waals surface area contributed by atoms with Crippen molar-refractivity contribution in [3.05, 3.63) is 0 Å². The van der Waals surface area contributed by atoms with E-state index >= 15 is 0 Å². The first-order valence-electron chi connectivity index (χ1n) is 1.55. The Bertz CT molecular complexity index is 68.1. The molecule has 0 aliphatic carbocycles. The van der Waals surface area contributed by atoms with E-state index in [1.54, 1.807) is 0 Å². The zero-order valence-corrected chi connectivity index (χ0v) is 5.50. The third-order valence-electron chi connectivity index (χ3n) is 0.357. The number of hydrogen-bond donors (Lipinski definition) is 2. The number of aliphatic hydroxyl groups excluding tert-OH is 1. The number of rotatable bonds is 1. The topological polar surface area (TPSA) is 57.5 Å². The first kappa shape index (κ1) is 10.2. The molecule has 0 amide bonds. The van der Waals surface area contributed by atoms with E-state index in [2.05, 4.69) is 0 Å². The van der Waals surface area contributed by atoms with Crippen molar-refractivity contribution in [2.24, 2.45) is 0 Å². The van der Waals surface area contributed by atoms with Crippen molar-refractivity contribution in [3.8, 4) is 0 Å². The van der Waals surface area contributed by atoms with E-state index < -0.39 is 12.1 Å². The molecule has 0 saturated heterocycles. The van der Waals surface area contributed by atoms with Gasteiger partial charge in [-0.2, -0.15) is 0 Å². The Balaban J connectivity index is -0.0000000417. The van der Waals surface area contributed by atoms with Gasteiger partial charge in [-0.15, -0.1) is 0 Å². The Morgan fingerprint density at radius 1 is 1.86 bits per heavy atom. The molecule has 0 saturated carbocycles. The zero-order valence-electron chi connectivity index (χ0n) is 6.09. The Kier molecular flexibility index (Phi) is 6.37. The maximum Gasteiger partial charge on any atom is 2.00 e. The summed E-state index contributed by atoms with van der Waals surface area (Å²) in [6, 6.07) is 0. The SMILES string of the molecule is CC(O)C(=O)O.[H-].[H-].[Mg+2]. The van der Waals surface area contributed by atoms with Crippen molar-refractivity contribution in [2.75, 3.05) is 0 Å². The van der Waals surface area contributed by atoms with E-state index in [1.165, 1.54) is 6.92 Å². The van der Waals surface area contributed by atoms with Gasteiger partial charge >= 0.3 is 29.0 Å². The Morgan fingerprint density at radius 2 is 2.00 bits per heavy atom. The summed E-state index contributed by atoms with van der Waals surface area (Å²) in [6.07, 6.45) is -1.23. The quantitative estimate of drug-likeness (QED) is 0.445. The minimum Gasteiger partial charge on any atom is -1.00 e. The van der Waals surface area contributed by atoms with Gasteiger partial charge in [0, 0.05) is 0 Å². The average molecular weight is 116 g/mol. The number of carboxylic acids is 1. The summed E-state index contributed by atoms with van der Waals surface area (Å²) in [4.78, 5) is 9.45. The summed E-state index contributed by atoms with van der Waals surface area (Å²) in [6.45, 7) is 1.20. The summed E-state index contributed by atoms with van der Waals surface area (Å²) >= 11 is 0. The predicted molar refractivity (Wildman–Crippen MR) is 27.3 cm³/mol. The Hall–Kier alpha value is 0.196. The summed E-state index contributed by atoms with van der Waals surface area (Å²) < 4.78 is 0. The molecular weight excluding hydrogens is 108 g/mol. The summed E-state index contributed by atoms with van der Waals surface area (Å²) in [5.41, 5.74) is 0. The van der Waals surface area contributed by atoms with Gasteiger partial charge in [0.15, 0.2) is 0 Å². The molecule has 0 bridgehead atoms. The van der Waals surface area contributed by atoms with E-state index in [0.29, 0.717) is 0 Å². The van der Waals surface area contributed by atoms with Crippen LogP contribution in [0.15, 0.2) is 0 Å². The van der Waals surface area contributed by atoms with E-state index in [1.807, 2.05) is 0 Å². The third kappa shape index (κ3) is 6.20. The largest absolute Gasteiger partial charge is 2.00 e. The van der Waals surface area contributed by atoms with Gasteiger partial charge in [0.1, 0.15) is 6.10 Å². The molecule has 3 nitrogen and oxygen atoms in total. The second-order valence-electron chi connectivity index (χ2n) is 1.01. The van der Waals surface area contributed by atoms with Gasteiger partial charge in [-0.1, -0.05) is 0 Å². The molecule has 0 radical (unpaired) electrons. The van der Waals surface area contributed by atoms with Crippen LogP contribution in [0.5, 0.6) is 0 Å². The van der Waals surface area contributed by atoms with Crippen LogP contribution < -0.4 is 0 Å². The molecule has 0 heterocycles. The van der Waals surface area contributed by atoms with Gasteiger partial charge in [-0.25, -0.2) is 4.79 Å². The van der Waals surface area contributed by atoms with Gasteiger partial charge < -0.3 is 13.1 Å². The van der Waals surface area contributed by atoms with Gasteiger partial charge in [0.25, 0.3) is 0 Å². The molecule has 40 valence electrons. The molecule has 0 spiro atoms. The van der Waals surface area contributed by atoms with Crippen molar-refractivity contribution >= 4 is 29.0 Å². The molecule has 0 aromatic carbocycles. The number of hydrogen-bond acceptors (Lipinski definition) is 2. The van der Waals surface area contributed by atoms with Crippen LogP contribution in [0.1, 0.15) is 9.78 Å². The minimum atomic E-state index is -1.23. The first-order valence-corrected chi connectivity index (χ1v) is 1.55. The van der Waals surface area contributed by atoms with Gasteiger partial charge in [-0.3, -0.25) is 0 Å². The Morgan fingerprint density at radius 3 is 2.00 bits per heavy atom. The summed E-state index contributed by atoms with van der Waals surface area (Å²) in [5, 5.41) is 15.8. The van der Waals surface area contributed by atoms with Crippen LogP contribution >= 0.6 is 0 Å². The van der Waals surface area contributed by atoms with Crippen LogP contribution in [0.2, 0.25) is 0 Å². The van der Waals surface area contributed by atoms with Crippen LogP contribution in [0.3, 0.4) is 0 Å². The van der Waals surface area contributed by atoms with Gasteiger partial charge in [0.05, 0.1) is 0 Å². The van der Waals surface area contributed by atoms with Gasteiger partial charge in [-0.05, 0) is 6.92 Å². The number of aliphatic hydroxyl groups is 1. The fourth-order valence-electron chi connectivity index (χ4n) is 0. The zero-order chi connectivity index (χ0) is 5.15. The molecule has 1 unspecified atom stereocenters. The van der Waals surface area contributed by atoms with Crippen LogP contribution in [-0.2, 0) is 4.79 Å². The second-order valence-corrected chi connectivity index (χ2v) is 1.01. The van der Waals surface area contributed by atoms with Crippen LogP contribution in [-0.4, -0.2) is 45.3 Å². The fourth-order valence-corrected chi connectivity index (χ4v) is 0. The second kappa shape index (κ2) is 4.36. The van der Waals surface area contributed by atoms with Crippen molar-refractivity contribution in [1.82, 2.24) is 0 Å². The molecule has 2 N–H and O–H groups in total. The molecular formula is C3H8MgO3. The van der Waals surface area contributed by atoms with Crippen molar-refractivity contribution in [3.63, 3.8) is 0 Å². The van der Waals surface area contributed by atoms with E-state index in [9.17, 15) is 4.79 Å². The molecule has 0 fully saturated rings. The van der Waals surface area contributed by atoms with Crippen LogP contribution in [0.4, 0.5) is 0 Å². The maximum absolute atomic E-state index is 9.45. The van der Waals surface area contributed by atoms with Crippen molar-refractivity contribution in [2.45, 2.75) is 13.0 Å². The third-order valence-corrected chi connectivity index (χ3v) is 0.357. The number of carboxylic acid groups (broad SMARTS) is 1. The molecule has 4 heteroatoms. The van der Waals surface area contributed by atoms with E-state index in [4.69, 9.17) is 10.2 Å². The van der Waals surface area contributed by atoms with Crippen LogP contribution in [0, 0.1) is 0 Å². The van der Waals surface area contributed by atoms with Crippen LogP contribution in [0.25, 0.3) is 0 Å². The van der Waals surface area contributed by atoms with E-state index in [0.717, 1.165) is 0 Å². The number of aliphatic carboxylic acids is 1. The van der Waals surface area contributed by atoms with Crippen molar-refractivity contribution in [1.29, 1.82) is 0 Å². The predicted octanol–water partition coefficient (Wildman–Crippen LogP) is -0.704. The summed E-state index contributed by atoms with van der Waals surface area (Å²) in [7, 11) is 0. The Labute approximate surface area is 60.5 Å². The standard InChI is InChI=1S/C3H6O3.Mg.2H/c1-2(4)3(5)6;;;/h2,4H,1H3,(H,5,6);;;/q;+2;2*-1. The average Bonchev–Trinajstić information content (AvgIpc) is 1.36. The molecule has 0 aromatic rings. The van der Waals surface area contributed by atoms with Gasteiger partial charge in [0.2, 0.25) is 0 Å². The maximum atomic E-state index is 9.45. The molecule has 0 aliphatic rings. The first-order chi connectivity index (χ1) is 2.64. The molecule has 7 heavy (non-hydrogen) atoms. The normalized spacial score (nSPS) is 11.7. The number of carbonyl (C=O) groups is 1. The molecule has 0 aliphatic heterocycles. The minimum absolute atomic E-state index is 0.